The van der Waals surface area contributed by atoms with Crippen molar-refractivity contribution in [3.8, 4) is 5.75 Å². The van der Waals surface area contributed by atoms with Crippen molar-refractivity contribution in [2.45, 2.75) is 31.8 Å². The van der Waals surface area contributed by atoms with Crippen LogP contribution in [-0.2, 0) is 14.3 Å². The zero-order valence-electron chi connectivity index (χ0n) is 14.9. The molecule has 0 bridgehead atoms. The third-order valence-electron chi connectivity index (χ3n) is 4.70. The van der Waals surface area contributed by atoms with E-state index in [9.17, 15) is 14.4 Å². The summed E-state index contributed by atoms with van der Waals surface area (Å²) in [5, 5.41) is 2.50. The average Bonchev–Trinajstić information content (AvgIpc) is 3.51. The second-order valence-electron chi connectivity index (χ2n) is 6.70. The fraction of sp³-hybridized carbons (Fsp3) is 0.526. The first-order chi connectivity index (χ1) is 12.6. The van der Waals surface area contributed by atoms with E-state index in [2.05, 4.69) is 10.1 Å². The summed E-state index contributed by atoms with van der Waals surface area (Å²) in [5.74, 6) is 0.298. The number of rotatable bonds is 6. The van der Waals surface area contributed by atoms with Gasteiger partial charge in [-0.25, -0.2) is 0 Å². The molecule has 1 saturated carbocycles. The minimum absolute atomic E-state index is 0.0339. The van der Waals surface area contributed by atoms with Gasteiger partial charge in [0.15, 0.2) is 0 Å². The van der Waals surface area contributed by atoms with Gasteiger partial charge < -0.3 is 19.7 Å². The molecule has 1 aromatic rings. The molecular formula is C19H24N2O5. The highest BCUT2D eigenvalue weighted by Gasteiger charge is 2.35. The lowest BCUT2D eigenvalue weighted by Gasteiger charge is -2.32. The molecule has 2 fully saturated rings. The van der Waals surface area contributed by atoms with Crippen molar-refractivity contribution in [3.63, 3.8) is 0 Å². The van der Waals surface area contributed by atoms with Crippen LogP contribution < -0.4 is 10.1 Å². The molecule has 3 rings (SSSR count). The van der Waals surface area contributed by atoms with Crippen molar-refractivity contribution in [1.29, 1.82) is 0 Å². The molecule has 2 amide bonds. The molecule has 0 unspecified atom stereocenters. The quantitative estimate of drug-likeness (QED) is 0.775. The molecule has 7 heteroatoms. The molecular weight excluding hydrogens is 336 g/mol. The van der Waals surface area contributed by atoms with Crippen molar-refractivity contribution in [3.05, 3.63) is 29.8 Å². The first-order valence-corrected chi connectivity index (χ1v) is 8.97. The minimum Gasteiger partial charge on any atom is -0.490 e. The van der Waals surface area contributed by atoms with Gasteiger partial charge in [0.25, 0.3) is 5.91 Å². The summed E-state index contributed by atoms with van der Waals surface area (Å²) < 4.78 is 10.5. The Bertz CT molecular complexity index is 678. The molecule has 1 aliphatic carbocycles. The number of ether oxygens (including phenoxy) is 2. The van der Waals surface area contributed by atoms with Crippen LogP contribution in [0.4, 0.5) is 0 Å². The molecule has 7 nitrogen and oxygen atoms in total. The molecule has 0 aromatic heterocycles. The summed E-state index contributed by atoms with van der Waals surface area (Å²) in [6.07, 6.45) is 3.67. The Labute approximate surface area is 152 Å². The monoisotopic (exact) mass is 360 g/mol. The predicted molar refractivity (Wildman–Crippen MR) is 93.7 cm³/mol. The van der Waals surface area contributed by atoms with E-state index in [4.69, 9.17) is 4.74 Å². The van der Waals surface area contributed by atoms with Gasteiger partial charge in [0.2, 0.25) is 5.91 Å². The zero-order valence-corrected chi connectivity index (χ0v) is 14.9. The lowest BCUT2D eigenvalue weighted by atomic mass is 10.1. The number of nitrogens with zero attached hydrogens (tertiary/aromatic N) is 1. The van der Waals surface area contributed by atoms with Gasteiger partial charge in [-0.2, -0.15) is 0 Å². The van der Waals surface area contributed by atoms with Crippen molar-refractivity contribution in [1.82, 2.24) is 10.2 Å². The van der Waals surface area contributed by atoms with Crippen LogP contribution >= 0.6 is 0 Å². The molecule has 1 saturated heterocycles. The number of methoxy groups -OCH3 is 1. The van der Waals surface area contributed by atoms with Crippen LogP contribution in [0.3, 0.4) is 0 Å². The molecule has 140 valence electrons. The summed E-state index contributed by atoms with van der Waals surface area (Å²) in [6, 6.07) is 6.87. The van der Waals surface area contributed by atoms with E-state index < -0.39 is 5.97 Å². The van der Waals surface area contributed by atoms with Crippen molar-refractivity contribution < 1.29 is 23.9 Å². The van der Waals surface area contributed by atoms with Gasteiger partial charge in [-0.1, -0.05) is 6.07 Å². The predicted octanol–water partition coefficient (Wildman–Crippen LogP) is 1.37. The summed E-state index contributed by atoms with van der Waals surface area (Å²) in [4.78, 5) is 37.2. The van der Waals surface area contributed by atoms with Gasteiger partial charge >= 0.3 is 5.97 Å². The van der Waals surface area contributed by atoms with E-state index in [-0.39, 0.29) is 30.4 Å². The van der Waals surface area contributed by atoms with Crippen molar-refractivity contribution >= 4 is 17.8 Å². The van der Waals surface area contributed by atoms with Crippen LogP contribution in [0.5, 0.6) is 5.75 Å². The highest BCUT2D eigenvalue weighted by atomic mass is 16.5. The second kappa shape index (κ2) is 8.21. The lowest BCUT2D eigenvalue weighted by molar-refractivity contribution is -0.139. The second-order valence-corrected chi connectivity index (χ2v) is 6.70. The Kier molecular flexibility index (Phi) is 5.75. The highest BCUT2D eigenvalue weighted by Crippen LogP contribution is 2.32. The molecule has 0 atom stereocenters. The Morgan fingerprint density at radius 1 is 1.15 bits per heavy atom. The van der Waals surface area contributed by atoms with E-state index >= 15 is 0 Å². The van der Waals surface area contributed by atoms with Crippen LogP contribution in [0, 0.1) is 5.92 Å². The van der Waals surface area contributed by atoms with Crippen LogP contribution in [0.2, 0.25) is 0 Å². The van der Waals surface area contributed by atoms with E-state index in [0.29, 0.717) is 11.3 Å². The van der Waals surface area contributed by atoms with Gasteiger partial charge in [-0.05, 0) is 31.0 Å². The standard InChI is InChI=1S/C19H24N2O5/c1-25-17(22)12-20-18(23)14-3-2-4-16(11-14)26-15-7-9-21(10-8-15)19(24)13-5-6-13/h2-4,11,13,15H,5-10,12H2,1H3,(H,20,23). The molecule has 0 spiro atoms. The molecule has 0 radical (unpaired) electrons. The van der Waals surface area contributed by atoms with E-state index in [0.717, 1.165) is 38.8 Å². The summed E-state index contributed by atoms with van der Waals surface area (Å²) in [7, 11) is 1.27. The third kappa shape index (κ3) is 4.74. The maximum absolute atomic E-state index is 12.1. The van der Waals surface area contributed by atoms with Crippen LogP contribution in [0.1, 0.15) is 36.0 Å². The van der Waals surface area contributed by atoms with Gasteiger partial charge in [0.1, 0.15) is 18.4 Å². The van der Waals surface area contributed by atoms with E-state index in [1.165, 1.54) is 7.11 Å². The molecule has 26 heavy (non-hydrogen) atoms. The Morgan fingerprint density at radius 2 is 1.88 bits per heavy atom. The number of carbonyl (C=O) groups is 3. The smallest absolute Gasteiger partial charge is 0.325 e. The Hall–Kier alpha value is -2.57. The number of nitrogens with one attached hydrogen (secondary N) is 1. The first kappa shape index (κ1) is 18.2. The average molecular weight is 360 g/mol. The van der Waals surface area contributed by atoms with Gasteiger partial charge in [-0.15, -0.1) is 0 Å². The van der Waals surface area contributed by atoms with Crippen LogP contribution in [-0.4, -0.2) is 55.5 Å². The molecule has 1 N–H and O–H groups in total. The normalized spacial score (nSPS) is 17.5. The summed E-state index contributed by atoms with van der Waals surface area (Å²) in [6.45, 7) is 1.27. The van der Waals surface area contributed by atoms with Crippen molar-refractivity contribution in [2.24, 2.45) is 5.92 Å². The van der Waals surface area contributed by atoms with Crippen LogP contribution in [0.25, 0.3) is 0 Å². The van der Waals surface area contributed by atoms with Crippen molar-refractivity contribution in [2.75, 3.05) is 26.7 Å². The maximum atomic E-state index is 12.1. The fourth-order valence-electron chi connectivity index (χ4n) is 3.01. The number of benzene rings is 1. The van der Waals surface area contributed by atoms with E-state index in [1.54, 1.807) is 24.3 Å². The Balaban J connectivity index is 1.50. The highest BCUT2D eigenvalue weighted by molar-refractivity contribution is 5.96. The van der Waals surface area contributed by atoms with Gasteiger partial charge in [0.05, 0.1) is 7.11 Å². The fourth-order valence-corrected chi connectivity index (χ4v) is 3.01. The number of carbonyl (C=O) groups excluding carboxylic acids is 3. The maximum Gasteiger partial charge on any atom is 0.325 e. The number of hydrogen-bond donors (Lipinski definition) is 1. The topological polar surface area (TPSA) is 84.9 Å². The molecule has 2 aliphatic rings. The lowest BCUT2D eigenvalue weighted by Crippen LogP contribution is -2.42. The van der Waals surface area contributed by atoms with E-state index in [1.807, 2.05) is 4.90 Å². The summed E-state index contributed by atoms with van der Waals surface area (Å²) >= 11 is 0. The first-order valence-electron chi connectivity index (χ1n) is 8.97. The molecule has 1 aliphatic heterocycles. The largest absolute Gasteiger partial charge is 0.490 e. The number of piperidine rings is 1. The molecule has 1 heterocycles. The van der Waals surface area contributed by atoms with Gasteiger partial charge in [-0.3, -0.25) is 14.4 Å². The van der Waals surface area contributed by atoms with Gasteiger partial charge in [0, 0.05) is 37.4 Å². The number of amides is 2. The SMILES string of the molecule is COC(=O)CNC(=O)c1cccc(OC2CCN(C(=O)C3CC3)CC2)c1. The number of esters is 1. The van der Waals surface area contributed by atoms with Crippen LogP contribution in [0.15, 0.2) is 24.3 Å². The number of likely N-dealkylation sites (tertiary alicyclic amines) is 1. The Morgan fingerprint density at radius 3 is 2.54 bits per heavy atom. The summed E-state index contributed by atoms with van der Waals surface area (Å²) in [5.41, 5.74) is 0.424. The number of hydrogen-bond acceptors (Lipinski definition) is 5. The zero-order chi connectivity index (χ0) is 18.5. The molecule has 1 aromatic carbocycles. The minimum atomic E-state index is -0.502. The third-order valence-corrected chi connectivity index (χ3v) is 4.70.